The van der Waals surface area contributed by atoms with Crippen molar-refractivity contribution in [2.24, 2.45) is 5.92 Å². The van der Waals surface area contributed by atoms with E-state index in [0.29, 0.717) is 11.6 Å². The molecule has 1 aromatic heterocycles. The molecule has 0 spiro atoms. The Morgan fingerprint density at radius 3 is 3.00 bits per heavy atom. The van der Waals surface area contributed by atoms with E-state index in [4.69, 9.17) is 4.74 Å². The molecule has 2 heterocycles. The zero-order valence-corrected chi connectivity index (χ0v) is 13.5. The van der Waals surface area contributed by atoms with Gasteiger partial charge >= 0.3 is 0 Å². The van der Waals surface area contributed by atoms with Crippen LogP contribution in [0.25, 0.3) is 0 Å². The molecule has 1 fully saturated rings. The van der Waals surface area contributed by atoms with Crippen molar-refractivity contribution in [3.05, 3.63) is 17.5 Å². The summed E-state index contributed by atoms with van der Waals surface area (Å²) in [5.41, 5.74) is 1.64. The molecule has 0 radical (unpaired) electrons. The van der Waals surface area contributed by atoms with E-state index in [1.54, 1.807) is 7.11 Å². The molecule has 1 aliphatic heterocycles. The fourth-order valence-electron chi connectivity index (χ4n) is 3.10. The number of aryl methyl sites for hydroxylation is 2. The monoisotopic (exact) mass is 293 g/mol. The highest BCUT2D eigenvalue weighted by atomic mass is 16.5. The van der Waals surface area contributed by atoms with Crippen LogP contribution in [0, 0.1) is 12.8 Å². The minimum absolute atomic E-state index is 0.0849. The van der Waals surface area contributed by atoms with Gasteiger partial charge in [-0.2, -0.15) is 5.10 Å². The summed E-state index contributed by atoms with van der Waals surface area (Å²) >= 11 is 0. The van der Waals surface area contributed by atoms with Crippen molar-refractivity contribution < 1.29 is 9.53 Å². The topological polar surface area (TPSA) is 47.4 Å². The Balaban J connectivity index is 1.94. The Hall–Kier alpha value is -1.36. The Morgan fingerprint density at radius 1 is 1.52 bits per heavy atom. The van der Waals surface area contributed by atoms with Crippen molar-refractivity contribution in [2.75, 3.05) is 26.8 Å². The molecule has 1 aliphatic rings. The molecule has 0 aromatic carbocycles. The predicted octanol–water partition coefficient (Wildman–Crippen LogP) is 2.49. The van der Waals surface area contributed by atoms with E-state index in [0.717, 1.165) is 51.2 Å². The number of ether oxygens (including phenoxy) is 1. The Bertz CT molecular complexity index is 470. The molecule has 1 amide bonds. The molecular weight excluding hydrogens is 266 g/mol. The normalized spacial score (nSPS) is 19.0. The lowest BCUT2D eigenvalue weighted by atomic mass is 9.93. The lowest BCUT2D eigenvalue weighted by Gasteiger charge is -2.32. The maximum absolute atomic E-state index is 12.6. The average molecular weight is 293 g/mol. The smallest absolute Gasteiger partial charge is 0.274 e. The van der Waals surface area contributed by atoms with E-state index in [1.165, 1.54) is 6.42 Å². The maximum Gasteiger partial charge on any atom is 0.274 e. The van der Waals surface area contributed by atoms with Gasteiger partial charge in [0.25, 0.3) is 5.91 Å². The second-order valence-corrected chi connectivity index (χ2v) is 5.88. The fraction of sp³-hybridized carbons (Fsp3) is 0.750. The van der Waals surface area contributed by atoms with Gasteiger partial charge in [0.15, 0.2) is 5.69 Å². The van der Waals surface area contributed by atoms with Gasteiger partial charge in [-0.15, -0.1) is 0 Å². The molecular formula is C16H27N3O2. The molecule has 118 valence electrons. The number of amides is 1. The number of nitrogens with zero attached hydrogens (tertiary/aromatic N) is 3. The number of likely N-dealkylation sites (tertiary alicyclic amines) is 1. The zero-order valence-electron chi connectivity index (χ0n) is 13.5. The van der Waals surface area contributed by atoms with E-state index in [-0.39, 0.29) is 5.91 Å². The van der Waals surface area contributed by atoms with Crippen LogP contribution in [0.15, 0.2) is 6.07 Å². The number of hydrogen-bond donors (Lipinski definition) is 0. The van der Waals surface area contributed by atoms with Gasteiger partial charge in [0.1, 0.15) is 0 Å². The van der Waals surface area contributed by atoms with Gasteiger partial charge in [-0.3, -0.25) is 9.48 Å². The molecule has 0 saturated carbocycles. The van der Waals surface area contributed by atoms with Gasteiger partial charge in [0.05, 0.1) is 0 Å². The van der Waals surface area contributed by atoms with Gasteiger partial charge < -0.3 is 9.64 Å². The van der Waals surface area contributed by atoms with Crippen LogP contribution < -0.4 is 0 Å². The predicted molar refractivity (Wildman–Crippen MR) is 82.4 cm³/mol. The number of carbonyl (C=O) groups excluding carboxylic acids is 1. The number of carbonyl (C=O) groups is 1. The van der Waals surface area contributed by atoms with Crippen molar-refractivity contribution in [1.29, 1.82) is 0 Å². The van der Waals surface area contributed by atoms with Crippen molar-refractivity contribution in [1.82, 2.24) is 14.7 Å². The third-order valence-corrected chi connectivity index (χ3v) is 4.27. The van der Waals surface area contributed by atoms with Crippen LogP contribution in [-0.4, -0.2) is 47.4 Å². The first kappa shape index (κ1) is 16.0. The molecule has 2 rings (SSSR count). The average Bonchev–Trinajstić information content (AvgIpc) is 2.88. The Kier molecular flexibility index (Phi) is 5.79. The van der Waals surface area contributed by atoms with Crippen LogP contribution in [0.1, 0.15) is 48.8 Å². The summed E-state index contributed by atoms with van der Waals surface area (Å²) < 4.78 is 6.99. The summed E-state index contributed by atoms with van der Waals surface area (Å²) in [5, 5.41) is 4.41. The largest absolute Gasteiger partial charge is 0.385 e. The SMILES string of the molecule is CCn1nc(C(=O)N2CCC[C@H](CCCOC)C2)cc1C. The molecule has 5 heteroatoms. The van der Waals surface area contributed by atoms with Gasteiger partial charge in [0.2, 0.25) is 0 Å². The van der Waals surface area contributed by atoms with Gasteiger partial charge in [0, 0.05) is 39.0 Å². The zero-order chi connectivity index (χ0) is 15.2. The summed E-state index contributed by atoms with van der Waals surface area (Å²) in [5.74, 6) is 0.689. The van der Waals surface area contributed by atoms with Gasteiger partial charge in [-0.1, -0.05) is 0 Å². The highest BCUT2D eigenvalue weighted by Crippen LogP contribution is 2.22. The summed E-state index contributed by atoms with van der Waals surface area (Å²) in [6, 6.07) is 1.90. The third-order valence-electron chi connectivity index (χ3n) is 4.27. The Labute approximate surface area is 127 Å². The summed E-state index contributed by atoms with van der Waals surface area (Å²) in [4.78, 5) is 14.6. The van der Waals surface area contributed by atoms with Gasteiger partial charge in [-0.25, -0.2) is 0 Å². The van der Waals surface area contributed by atoms with E-state index in [2.05, 4.69) is 5.10 Å². The van der Waals surface area contributed by atoms with E-state index in [1.807, 2.05) is 29.5 Å². The lowest BCUT2D eigenvalue weighted by Crippen LogP contribution is -2.40. The molecule has 0 unspecified atom stereocenters. The van der Waals surface area contributed by atoms with E-state index >= 15 is 0 Å². The van der Waals surface area contributed by atoms with Crippen molar-refractivity contribution in [2.45, 2.75) is 46.1 Å². The van der Waals surface area contributed by atoms with Crippen LogP contribution in [0.2, 0.25) is 0 Å². The maximum atomic E-state index is 12.6. The third kappa shape index (κ3) is 4.06. The van der Waals surface area contributed by atoms with E-state index in [9.17, 15) is 4.79 Å². The van der Waals surface area contributed by atoms with Crippen molar-refractivity contribution in [3.63, 3.8) is 0 Å². The number of aromatic nitrogens is 2. The lowest BCUT2D eigenvalue weighted by molar-refractivity contribution is 0.0653. The fourth-order valence-corrected chi connectivity index (χ4v) is 3.10. The molecule has 0 bridgehead atoms. The summed E-state index contributed by atoms with van der Waals surface area (Å²) in [6.45, 7) is 7.37. The highest BCUT2D eigenvalue weighted by Gasteiger charge is 2.25. The molecule has 1 atom stereocenters. The van der Waals surface area contributed by atoms with Crippen LogP contribution in [-0.2, 0) is 11.3 Å². The van der Waals surface area contributed by atoms with Gasteiger partial charge in [-0.05, 0) is 51.5 Å². The van der Waals surface area contributed by atoms with Crippen LogP contribution in [0.3, 0.4) is 0 Å². The number of rotatable bonds is 6. The summed E-state index contributed by atoms with van der Waals surface area (Å²) in [7, 11) is 1.74. The molecule has 1 saturated heterocycles. The van der Waals surface area contributed by atoms with Crippen LogP contribution in [0.5, 0.6) is 0 Å². The number of hydrogen-bond acceptors (Lipinski definition) is 3. The first-order valence-corrected chi connectivity index (χ1v) is 7.98. The van der Waals surface area contributed by atoms with E-state index < -0.39 is 0 Å². The minimum Gasteiger partial charge on any atom is -0.385 e. The molecule has 21 heavy (non-hydrogen) atoms. The number of piperidine rings is 1. The Morgan fingerprint density at radius 2 is 2.33 bits per heavy atom. The van der Waals surface area contributed by atoms with Crippen molar-refractivity contribution in [3.8, 4) is 0 Å². The molecule has 0 N–H and O–H groups in total. The standard InChI is InChI=1S/C16H27N3O2/c1-4-19-13(2)11-15(17-19)16(20)18-9-5-7-14(12-18)8-6-10-21-3/h11,14H,4-10,12H2,1-3H3/t14-/m1/s1. The minimum atomic E-state index is 0.0849. The highest BCUT2D eigenvalue weighted by molar-refractivity contribution is 5.92. The molecule has 0 aliphatic carbocycles. The molecule has 5 nitrogen and oxygen atoms in total. The van der Waals surface area contributed by atoms with Crippen molar-refractivity contribution >= 4 is 5.91 Å². The second kappa shape index (κ2) is 7.59. The first-order chi connectivity index (χ1) is 10.2. The quantitative estimate of drug-likeness (QED) is 0.757. The van der Waals surface area contributed by atoms with Crippen LogP contribution in [0.4, 0.5) is 0 Å². The summed E-state index contributed by atoms with van der Waals surface area (Å²) in [6.07, 6.45) is 4.53. The second-order valence-electron chi connectivity index (χ2n) is 5.88. The first-order valence-electron chi connectivity index (χ1n) is 7.98. The molecule has 1 aromatic rings. The number of methoxy groups -OCH3 is 1. The van der Waals surface area contributed by atoms with Crippen LogP contribution >= 0.6 is 0 Å².